The zero-order chi connectivity index (χ0) is 19.4. The molecule has 7 nitrogen and oxygen atoms in total. The maximum absolute atomic E-state index is 12.7. The Morgan fingerprint density at radius 1 is 1.26 bits per heavy atom. The smallest absolute Gasteiger partial charge is 0.227 e. The van der Waals surface area contributed by atoms with Gasteiger partial charge in [0.25, 0.3) is 0 Å². The Balaban J connectivity index is 1.65. The lowest BCUT2D eigenvalue weighted by molar-refractivity contribution is -0.120. The molecule has 1 aromatic carbocycles. The summed E-state index contributed by atoms with van der Waals surface area (Å²) >= 11 is 6.29. The Morgan fingerprint density at radius 3 is 2.63 bits per heavy atom. The second-order valence-electron chi connectivity index (χ2n) is 6.44. The van der Waals surface area contributed by atoms with E-state index in [0.29, 0.717) is 28.2 Å². The van der Waals surface area contributed by atoms with Crippen LogP contribution in [0.25, 0.3) is 0 Å². The highest BCUT2D eigenvalue weighted by Crippen LogP contribution is 2.37. The van der Waals surface area contributed by atoms with Gasteiger partial charge in [0.05, 0.1) is 19.2 Å². The van der Waals surface area contributed by atoms with E-state index in [1.807, 2.05) is 13.0 Å². The van der Waals surface area contributed by atoms with Crippen LogP contribution in [0, 0.1) is 12.8 Å². The molecule has 1 aromatic heterocycles. The van der Waals surface area contributed by atoms with Gasteiger partial charge in [-0.1, -0.05) is 11.6 Å². The number of methoxy groups -OCH3 is 2. The quantitative estimate of drug-likeness (QED) is 0.844. The number of nitrogens with one attached hydrogen (secondary N) is 1. The van der Waals surface area contributed by atoms with E-state index < -0.39 is 0 Å². The summed E-state index contributed by atoms with van der Waals surface area (Å²) in [6, 6.07) is 5.21. The van der Waals surface area contributed by atoms with Gasteiger partial charge >= 0.3 is 0 Å². The van der Waals surface area contributed by atoms with Crippen LogP contribution in [0.2, 0.25) is 5.02 Å². The van der Waals surface area contributed by atoms with Gasteiger partial charge in [0.15, 0.2) is 0 Å². The number of hydrogen-bond donors (Lipinski definition) is 1. The predicted molar refractivity (Wildman–Crippen MR) is 105 cm³/mol. The first kappa shape index (κ1) is 19.2. The lowest BCUT2D eigenvalue weighted by Crippen LogP contribution is -2.39. The highest BCUT2D eigenvalue weighted by atomic mass is 35.5. The van der Waals surface area contributed by atoms with Crippen molar-refractivity contribution in [1.82, 2.24) is 9.97 Å². The molecule has 1 fully saturated rings. The minimum atomic E-state index is -0.103. The molecule has 1 saturated heterocycles. The average molecular weight is 391 g/mol. The average Bonchev–Trinajstić information content (AvgIpc) is 2.69. The molecule has 1 aliphatic heterocycles. The molecule has 2 heterocycles. The van der Waals surface area contributed by atoms with Crippen LogP contribution in [0.5, 0.6) is 11.5 Å². The molecular weight excluding hydrogens is 368 g/mol. The lowest BCUT2D eigenvalue weighted by atomic mass is 9.96. The van der Waals surface area contributed by atoms with Crippen LogP contribution in [0.3, 0.4) is 0 Å². The van der Waals surface area contributed by atoms with E-state index in [1.165, 1.54) is 7.11 Å². The van der Waals surface area contributed by atoms with Crippen molar-refractivity contribution in [1.29, 1.82) is 0 Å². The largest absolute Gasteiger partial charge is 0.497 e. The maximum atomic E-state index is 12.7. The third-order valence-electron chi connectivity index (χ3n) is 4.66. The summed E-state index contributed by atoms with van der Waals surface area (Å²) in [5.74, 6) is 1.59. The molecule has 0 spiro atoms. The number of ether oxygens (including phenoxy) is 2. The zero-order valence-electron chi connectivity index (χ0n) is 15.7. The van der Waals surface area contributed by atoms with Gasteiger partial charge in [-0.2, -0.15) is 0 Å². The summed E-state index contributed by atoms with van der Waals surface area (Å²) < 4.78 is 10.5. The first-order valence-electron chi connectivity index (χ1n) is 8.78. The number of rotatable bonds is 5. The number of carbonyl (C=O) groups is 1. The first-order valence-corrected chi connectivity index (χ1v) is 9.16. The molecule has 27 heavy (non-hydrogen) atoms. The lowest BCUT2D eigenvalue weighted by Gasteiger charge is -2.31. The number of anilines is 2. The van der Waals surface area contributed by atoms with Crippen LogP contribution in [0.4, 0.5) is 11.6 Å². The van der Waals surface area contributed by atoms with Crippen molar-refractivity contribution in [3.63, 3.8) is 0 Å². The van der Waals surface area contributed by atoms with Crippen molar-refractivity contribution >= 4 is 29.1 Å². The van der Waals surface area contributed by atoms with Gasteiger partial charge in [-0.3, -0.25) is 4.79 Å². The van der Waals surface area contributed by atoms with E-state index in [2.05, 4.69) is 20.2 Å². The summed E-state index contributed by atoms with van der Waals surface area (Å²) in [6.07, 6.45) is 3.20. The van der Waals surface area contributed by atoms with Crippen molar-refractivity contribution in [2.75, 3.05) is 37.5 Å². The Morgan fingerprint density at radius 2 is 2.00 bits per heavy atom. The van der Waals surface area contributed by atoms with Gasteiger partial charge in [-0.15, -0.1) is 0 Å². The van der Waals surface area contributed by atoms with Gasteiger partial charge in [0.1, 0.15) is 17.2 Å². The molecule has 0 atom stereocenters. The summed E-state index contributed by atoms with van der Waals surface area (Å²) in [7, 11) is 3.08. The summed E-state index contributed by atoms with van der Waals surface area (Å²) in [5, 5.41) is 3.29. The van der Waals surface area contributed by atoms with Crippen LogP contribution in [-0.4, -0.2) is 43.2 Å². The molecule has 0 bridgehead atoms. The maximum Gasteiger partial charge on any atom is 0.227 e. The molecule has 1 N–H and O–H groups in total. The minimum absolute atomic E-state index is 0.0647. The Kier molecular flexibility index (Phi) is 6.01. The third kappa shape index (κ3) is 4.42. The molecule has 2 aromatic rings. The highest BCUT2D eigenvalue weighted by Gasteiger charge is 2.27. The van der Waals surface area contributed by atoms with Crippen molar-refractivity contribution in [2.24, 2.45) is 5.92 Å². The fourth-order valence-electron chi connectivity index (χ4n) is 3.11. The summed E-state index contributed by atoms with van der Waals surface area (Å²) in [6.45, 7) is 3.40. The SMILES string of the molecule is COc1cc(Cl)c(NC(=O)C2CCN(c3nccc(C)n3)CC2)c(OC)c1. The monoisotopic (exact) mass is 390 g/mol. The van der Waals surface area contributed by atoms with Crippen molar-refractivity contribution in [3.05, 3.63) is 35.1 Å². The van der Waals surface area contributed by atoms with E-state index in [9.17, 15) is 4.79 Å². The van der Waals surface area contributed by atoms with E-state index in [0.717, 1.165) is 31.6 Å². The Labute approximate surface area is 163 Å². The number of nitrogens with zero attached hydrogens (tertiary/aromatic N) is 3. The molecule has 0 saturated carbocycles. The number of aromatic nitrogens is 2. The summed E-state index contributed by atoms with van der Waals surface area (Å²) in [4.78, 5) is 23.6. The molecule has 1 aliphatic rings. The fraction of sp³-hybridized carbons (Fsp3) is 0.421. The molecule has 1 amide bonds. The van der Waals surface area contributed by atoms with Crippen LogP contribution < -0.4 is 19.7 Å². The second kappa shape index (κ2) is 8.43. The topological polar surface area (TPSA) is 76.6 Å². The van der Waals surface area contributed by atoms with E-state index in [1.54, 1.807) is 25.4 Å². The molecule has 0 unspecified atom stereocenters. The molecule has 144 valence electrons. The number of hydrogen-bond acceptors (Lipinski definition) is 6. The predicted octanol–water partition coefficient (Wildman–Crippen LogP) is 3.31. The first-order chi connectivity index (χ1) is 13.0. The van der Waals surface area contributed by atoms with Crippen molar-refractivity contribution < 1.29 is 14.3 Å². The standard InChI is InChI=1S/C19H23ClN4O3/c1-12-4-7-21-19(22-12)24-8-5-13(6-9-24)18(25)23-17-15(20)10-14(26-2)11-16(17)27-3/h4,7,10-11,13H,5-6,8-9H2,1-3H3,(H,23,25). The molecular formula is C19H23ClN4O3. The van der Waals surface area contributed by atoms with Crippen LogP contribution in [-0.2, 0) is 4.79 Å². The van der Waals surface area contributed by atoms with Crippen molar-refractivity contribution in [2.45, 2.75) is 19.8 Å². The van der Waals surface area contributed by atoms with Gasteiger partial charge in [0, 0.05) is 43.0 Å². The van der Waals surface area contributed by atoms with Crippen molar-refractivity contribution in [3.8, 4) is 11.5 Å². The minimum Gasteiger partial charge on any atom is -0.497 e. The van der Waals surface area contributed by atoms with E-state index in [4.69, 9.17) is 21.1 Å². The molecule has 0 aliphatic carbocycles. The highest BCUT2D eigenvalue weighted by molar-refractivity contribution is 6.34. The van der Waals surface area contributed by atoms with Crippen LogP contribution >= 0.6 is 11.6 Å². The normalized spacial score (nSPS) is 14.7. The summed E-state index contributed by atoms with van der Waals surface area (Å²) in [5.41, 5.74) is 1.40. The number of amides is 1. The number of halogens is 1. The van der Waals surface area contributed by atoms with Crippen LogP contribution in [0.15, 0.2) is 24.4 Å². The van der Waals surface area contributed by atoms with Gasteiger partial charge in [-0.25, -0.2) is 9.97 Å². The number of piperidine rings is 1. The fourth-order valence-corrected chi connectivity index (χ4v) is 3.36. The van der Waals surface area contributed by atoms with Gasteiger partial charge < -0.3 is 19.7 Å². The zero-order valence-corrected chi connectivity index (χ0v) is 16.4. The molecule has 3 rings (SSSR count). The second-order valence-corrected chi connectivity index (χ2v) is 6.84. The molecule has 8 heteroatoms. The number of aryl methyl sites for hydroxylation is 1. The Hall–Kier alpha value is -2.54. The third-order valence-corrected chi connectivity index (χ3v) is 4.96. The number of benzene rings is 1. The Bertz CT molecular complexity index is 823. The number of carbonyl (C=O) groups excluding carboxylic acids is 1. The molecule has 0 radical (unpaired) electrons. The van der Waals surface area contributed by atoms with Gasteiger partial charge in [0.2, 0.25) is 11.9 Å². The van der Waals surface area contributed by atoms with E-state index in [-0.39, 0.29) is 11.8 Å². The van der Waals surface area contributed by atoms with Crippen LogP contribution in [0.1, 0.15) is 18.5 Å². The van der Waals surface area contributed by atoms with E-state index >= 15 is 0 Å². The van der Waals surface area contributed by atoms with Gasteiger partial charge in [-0.05, 0) is 25.8 Å².